The molecule has 8 heteroatoms. The molecule has 2 aromatic heterocycles. The third-order valence-electron chi connectivity index (χ3n) is 5.42. The van der Waals surface area contributed by atoms with E-state index < -0.39 is 0 Å². The van der Waals surface area contributed by atoms with E-state index in [1.54, 1.807) is 10.7 Å². The minimum atomic E-state index is -0.172. The number of nitrogens with zero attached hydrogens (tertiary/aromatic N) is 4. The minimum Gasteiger partial charge on any atom is -0.377 e. The van der Waals surface area contributed by atoms with Gasteiger partial charge in [0.2, 0.25) is 0 Å². The molecule has 7 nitrogen and oxygen atoms in total. The maximum Gasteiger partial charge on any atom is 0.267 e. The standard InChI is InChI=1S/C20H21N5O2S/c1-12-14-4-2-3-5-15(14)20(23-22-12)21-17-9-27-10-18(17)25-19(26)8-13-11-28-7-6-16(13)24-25/h2-5,8,17-18H,6-7,9-11H2,1H3,(H,21,23). The van der Waals surface area contributed by atoms with Crippen LogP contribution < -0.4 is 10.9 Å². The second-order valence-corrected chi connectivity index (χ2v) is 8.34. The molecule has 0 aliphatic carbocycles. The summed E-state index contributed by atoms with van der Waals surface area (Å²) in [6, 6.07) is 9.54. The fourth-order valence-corrected chi connectivity index (χ4v) is 4.86. The number of hydrogen-bond acceptors (Lipinski definition) is 7. The van der Waals surface area contributed by atoms with Crippen molar-refractivity contribution in [2.45, 2.75) is 31.2 Å². The van der Waals surface area contributed by atoms with Crippen molar-refractivity contribution in [3.8, 4) is 0 Å². The van der Waals surface area contributed by atoms with E-state index in [-0.39, 0.29) is 17.6 Å². The van der Waals surface area contributed by atoms with E-state index in [2.05, 4.69) is 15.5 Å². The van der Waals surface area contributed by atoms with Gasteiger partial charge in [-0.3, -0.25) is 4.79 Å². The first-order chi connectivity index (χ1) is 13.7. The van der Waals surface area contributed by atoms with Crippen LogP contribution in [0.2, 0.25) is 0 Å². The highest BCUT2D eigenvalue weighted by atomic mass is 32.2. The lowest BCUT2D eigenvalue weighted by Crippen LogP contribution is -2.38. The number of ether oxygens (including phenoxy) is 1. The van der Waals surface area contributed by atoms with Crippen LogP contribution in [0.4, 0.5) is 5.82 Å². The normalized spacial score (nSPS) is 21.6. The predicted octanol–water partition coefficient (Wildman–Crippen LogP) is 2.34. The molecule has 2 atom stereocenters. The van der Waals surface area contributed by atoms with Gasteiger partial charge < -0.3 is 10.1 Å². The average molecular weight is 395 g/mol. The van der Waals surface area contributed by atoms with E-state index in [4.69, 9.17) is 9.84 Å². The molecule has 0 radical (unpaired) electrons. The maximum absolute atomic E-state index is 12.7. The Hall–Kier alpha value is -2.45. The summed E-state index contributed by atoms with van der Waals surface area (Å²) in [6.45, 7) is 2.90. The highest BCUT2D eigenvalue weighted by molar-refractivity contribution is 7.98. The van der Waals surface area contributed by atoms with Gasteiger partial charge in [-0.05, 0) is 18.2 Å². The van der Waals surface area contributed by atoms with Crippen LogP contribution in [0, 0.1) is 6.92 Å². The summed E-state index contributed by atoms with van der Waals surface area (Å²) in [6.07, 6.45) is 0.903. The van der Waals surface area contributed by atoms with Crippen LogP contribution in [0.1, 0.15) is 23.0 Å². The second kappa shape index (κ2) is 7.18. The zero-order valence-corrected chi connectivity index (χ0v) is 16.4. The molecule has 2 aliphatic rings. The van der Waals surface area contributed by atoms with Gasteiger partial charge in [0.05, 0.1) is 30.6 Å². The van der Waals surface area contributed by atoms with E-state index in [9.17, 15) is 4.79 Å². The predicted molar refractivity (Wildman–Crippen MR) is 110 cm³/mol. The topological polar surface area (TPSA) is 81.9 Å². The van der Waals surface area contributed by atoms with Gasteiger partial charge in [-0.15, -0.1) is 5.10 Å². The molecule has 1 saturated heterocycles. The molecule has 28 heavy (non-hydrogen) atoms. The number of thioether (sulfide) groups is 1. The third-order valence-corrected chi connectivity index (χ3v) is 6.43. The molecule has 2 aliphatic heterocycles. The molecule has 0 saturated carbocycles. The molecule has 3 aromatic rings. The molecule has 144 valence electrons. The van der Waals surface area contributed by atoms with Crippen molar-refractivity contribution in [2.75, 3.05) is 24.3 Å². The Labute approximate surface area is 166 Å². The smallest absolute Gasteiger partial charge is 0.267 e. The number of benzene rings is 1. The Balaban J connectivity index is 1.49. The minimum absolute atomic E-state index is 0.0663. The molecular weight excluding hydrogens is 374 g/mol. The zero-order valence-electron chi connectivity index (χ0n) is 15.6. The summed E-state index contributed by atoms with van der Waals surface area (Å²) < 4.78 is 7.32. The van der Waals surface area contributed by atoms with Crippen LogP contribution >= 0.6 is 11.8 Å². The maximum atomic E-state index is 12.7. The first-order valence-electron chi connectivity index (χ1n) is 9.46. The number of rotatable bonds is 3. The molecule has 4 heterocycles. The van der Waals surface area contributed by atoms with Gasteiger partial charge in [-0.1, -0.05) is 24.3 Å². The van der Waals surface area contributed by atoms with Crippen molar-refractivity contribution in [3.63, 3.8) is 0 Å². The van der Waals surface area contributed by atoms with E-state index in [1.807, 2.05) is 43.0 Å². The average Bonchev–Trinajstić information content (AvgIpc) is 3.18. The Kier molecular flexibility index (Phi) is 4.52. The fraction of sp³-hybridized carbons (Fsp3) is 0.400. The Morgan fingerprint density at radius 3 is 2.96 bits per heavy atom. The lowest BCUT2D eigenvalue weighted by atomic mass is 10.1. The lowest BCUT2D eigenvalue weighted by Gasteiger charge is -2.23. The SMILES string of the molecule is Cc1nnc(NC2COCC2n2nc3c(cc2=O)CSCC3)c2ccccc12. The first kappa shape index (κ1) is 17.6. The van der Waals surface area contributed by atoms with Crippen molar-refractivity contribution >= 4 is 28.4 Å². The fourth-order valence-electron chi connectivity index (χ4n) is 3.91. The Morgan fingerprint density at radius 2 is 2.07 bits per heavy atom. The van der Waals surface area contributed by atoms with E-state index in [0.717, 1.165) is 45.7 Å². The van der Waals surface area contributed by atoms with Gasteiger partial charge in [0.25, 0.3) is 5.56 Å². The van der Waals surface area contributed by atoms with Gasteiger partial charge in [-0.2, -0.15) is 22.0 Å². The number of anilines is 1. The van der Waals surface area contributed by atoms with Crippen LogP contribution in [-0.2, 0) is 16.9 Å². The van der Waals surface area contributed by atoms with Crippen LogP contribution in [0.15, 0.2) is 35.1 Å². The molecule has 0 amide bonds. The second-order valence-electron chi connectivity index (χ2n) is 7.24. The molecule has 0 spiro atoms. The largest absolute Gasteiger partial charge is 0.377 e. The highest BCUT2D eigenvalue weighted by Crippen LogP contribution is 2.28. The van der Waals surface area contributed by atoms with Gasteiger partial charge in [0, 0.05) is 29.0 Å². The third kappa shape index (κ3) is 3.06. The number of fused-ring (bicyclic) bond motifs is 2. The molecule has 1 N–H and O–H groups in total. The summed E-state index contributed by atoms with van der Waals surface area (Å²) in [5.74, 6) is 2.63. The van der Waals surface area contributed by atoms with E-state index in [0.29, 0.717) is 19.0 Å². The molecule has 1 fully saturated rings. The number of hydrogen-bond donors (Lipinski definition) is 1. The highest BCUT2D eigenvalue weighted by Gasteiger charge is 2.33. The first-order valence-corrected chi connectivity index (χ1v) is 10.6. The molecule has 0 bridgehead atoms. The lowest BCUT2D eigenvalue weighted by molar-refractivity contribution is 0.182. The molecular formula is C20H21N5O2S. The van der Waals surface area contributed by atoms with Crippen LogP contribution in [0.3, 0.4) is 0 Å². The van der Waals surface area contributed by atoms with E-state index >= 15 is 0 Å². The van der Waals surface area contributed by atoms with Crippen molar-refractivity contribution in [3.05, 3.63) is 57.6 Å². The van der Waals surface area contributed by atoms with Crippen LogP contribution in [0.5, 0.6) is 0 Å². The van der Waals surface area contributed by atoms with Crippen LogP contribution in [-0.4, -0.2) is 45.0 Å². The Morgan fingerprint density at radius 1 is 1.21 bits per heavy atom. The van der Waals surface area contributed by atoms with Crippen LogP contribution in [0.25, 0.3) is 10.8 Å². The quantitative estimate of drug-likeness (QED) is 0.729. The van der Waals surface area contributed by atoms with Gasteiger partial charge in [0.15, 0.2) is 5.82 Å². The van der Waals surface area contributed by atoms with Gasteiger partial charge in [-0.25, -0.2) is 4.68 Å². The summed E-state index contributed by atoms with van der Waals surface area (Å²) in [4.78, 5) is 12.7. The molecule has 1 aromatic carbocycles. The van der Waals surface area contributed by atoms with Crippen molar-refractivity contribution in [2.24, 2.45) is 0 Å². The van der Waals surface area contributed by atoms with Crippen molar-refractivity contribution < 1.29 is 4.74 Å². The zero-order chi connectivity index (χ0) is 19.1. The molecule has 2 unspecified atom stereocenters. The summed E-state index contributed by atoms with van der Waals surface area (Å²) in [5.41, 5.74) is 2.93. The van der Waals surface area contributed by atoms with Crippen molar-refractivity contribution in [1.29, 1.82) is 0 Å². The number of aromatic nitrogens is 4. The molecule has 5 rings (SSSR count). The number of nitrogens with one attached hydrogen (secondary N) is 1. The number of aryl methyl sites for hydroxylation is 2. The summed E-state index contributed by atoms with van der Waals surface area (Å²) in [5, 5.41) is 18.9. The van der Waals surface area contributed by atoms with Gasteiger partial charge in [0.1, 0.15) is 6.04 Å². The van der Waals surface area contributed by atoms with Gasteiger partial charge >= 0.3 is 0 Å². The summed E-state index contributed by atoms with van der Waals surface area (Å²) in [7, 11) is 0. The summed E-state index contributed by atoms with van der Waals surface area (Å²) >= 11 is 1.85. The monoisotopic (exact) mass is 395 g/mol. The Bertz CT molecular complexity index is 1100. The van der Waals surface area contributed by atoms with Crippen molar-refractivity contribution in [1.82, 2.24) is 20.0 Å². The van der Waals surface area contributed by atoms with E-state index in [1.165, 1.54) is 0 Å².